The van der Waals surface area contributed by atoms with Gasteiger partial charge in [-0.15, -0.1) is 0 Å². The van der Waals surface area contributed by atoms with Crippen LogP contribution in [0.1, 0.15) is 22.3 Å². The number of fused-ring (bicyclic) bond motifs is 4. The molecule has 0 aromatic heterocycles. The summed E-state index contributed by atoms with van der Waals surface area (Å²) in [4.78, 5) is 0. The van der Waals surface area contributed by atoms with Crippen LogP contribution in [0.5, 0.6) is 0 Å². The van der Waals surface area contributed by atoms with Crippen molar-refractivity contribution in [3.05, 3.63) is 119 Å². The first-order valence-corrected chi connectivity index (χ1v) is 9.63. The lowest BCUT2D eigenvalue weighted by atomic mass is 9.76. The molecule has 0 saturated heterocycles. The molecule has 4 aromatic carbocycles. The summed E-state index contributed by atoms with van der Waals surface area (Å²) in [7, 11) is 0. The Labute approximate surface area is 166 Å². The van der Waals surface area contributed by atoms with E-state index >= 15 is 0 Å². The van der Waals surface area contributed by atoms with Gasteiger partial charge in [0.1, 0.15) is 0 Å². The van der Waals surface area contributed by atoms with Crippen molar-refractivity contribution in [1.82, 2.24) is 0 Å². The molecule has 0 unspecified atom stereocenters. The highest BCUT2D eigenvalue weighted by Gasteiger charge is 2.24. The van der Waals surface area contributed by atoms with Crippen LogP contribution >= 0.6 is 0 Å². The van der Waals surface area contributed by atoms with Gasteiger partial charge in [-0.25, -0.2) is 0 Å². The minimum absolute atomic E-state index is 1.21. The molecule has 0 N–H and O–H groups in total. The Bertz CT molecular complexity index is 1180. The van der Waals surface area contributed by atoms with Crippen LogP contribution in [0.4, 0.5) is 0 Å². The van der Waals surface area contributed by atoms with Gasteiger partial charge in [-0.1, -0.05) is 121 Å². The van der Waals surface area contributed by atoms with Crippen molar-refractivity contribution >= 4 is 24.3 Å². The third-order valence-electron chi connectivity index (χ3n) is 5.26. The van der Waals surface area contributed by atoms with E-state index in [1.165, 1.54) is 44.5 Å². The third-order valence-corrected chi connectivity index (χ3v) is 5.26. The summed E-state index contributed by atoms with van der Waals surface area (Å²) in [5, 5.41) is 0. The van der Waals surface area contributed by atoms with Crippen LogP contribution in [-0.4, -0.2) is 0 Å². The summed E-state index contributed by atoms with van der Waals surface area (Å²) in [6.45, 7) is 0. The predicted molar refractivity (Wildman–Crippen MR) is 122 cm³/mol. The molecule has 0 saturated carbocycles. The zero-order chi connectivity index (χ0) is 18.8. The molecule has 0 nitrogen and oxygen atoms in total. The lowest BCUT2D eigenvalue weighted by molar-refractivity contribution is 1.49. The van der Waals surface area contributed by atoms with Crippen LogP contribution < -0.4 is 0 Å². The highest BCUT2D eigenvalue weighted by Crippen LogP contribution is 2.50. The van der Waals surface area contributed by atoms with E-state index in [-0.39, 0.29) is 0 Å². The summed E-state index contributed by atoms with van der Waals surface area (Å²) in [6.07, 6.45) is 8.87. The van der Waals surface area contributed by atoms with E-state index in [0.717, 1.165) is 0 Å². The molecule has 1 aliphatic rings. The van der Waals surface area contributed by atoms with E-state index in [4.69, 9.17) is 0 Å². The molecule has 0 heteroatoms. The summed E-state index contributed by atoms with van der Waals surface area (Å²) in [6, 6.07) is 34.1. The Morgan fingerprint density at radius 2 is 0.964 bits per heavy atom. The third kappa shape index (κ3) is 3.00. The summed E-state index contributed by atoms with van der Waals surface area (Å²) in [5.41, 5.74) is 10.4. The fourth-order valence-corrected chi connectivity index (χ4v) is 3.84. The van der Waals surface area contributed by atoms with E-state index in [0.29, 0.717) is 0 Å². The van der Waals surface area contributed by atoms with Crippen LogP contribution in [-0.2, 0) is 0 Å². The second-order valence-corrected chi connectivity index (χ2v) is 7.02. The fraction of sp³-hybridized carbons (Fsp3) is 0. The lowest BCUT2D eigenvalue weighted by Crippen LogP contribution is -2.02. The van der Waals surface area contributed by atoms with Crippen LogP contribution in [0.25, 0.3) is 46.6 Å². The van der Waals surface area contributed by atoms with Gasteiger partial charge in [-0.05, 0) is 44.5 Å². The van der Waals surface area contributed by atoms with E-state index in [1.807, 2.05) is 6.07 Å². The monoisotopic (exact) mass is 356 g/mol. The molecule has 0 amide bonds. The van der Waals surface area contributed by atoms with E-state index in [9.17, 15) is 0 Å². The topological polar surface area (TPSA) is 0 Å². The number of benzene rings is 4. The van der Waals surface area contributed by atoms with Gasteiger partial charge in [0.05, 0.1) is 0 Å². The van der Waals surface area contributed by atoms with Gasteiger partial charge >= 0.3 is 0 Å². The SMILES string of the molecule is C(=C\c1ccc2c(c1/C=C/c1ccccc1)-c1ccccc1-2)/c1ccccc1. The zero-order valence-corrected chi connectivity index (χ0v) is 15.5. The Balaban J connectivity index is 1.60. The van der Waals surface area contributed by atoms with Crippen molar-refractivity contribution in [2.45, 2.75) is 0 Å². The quantitative estimate of drug-likeness (QED) is 0.290. The molecule has 0 radical (unpaired) electrons. The Kier molecular flexibility index (Phi) is 4.23. The maximum Gasteiger partial charge on any atom is -0.00204 e. The van der Waals surface area contributed by atoms with Crippen LogP contribution in [0, 0.1) is 0 Å². The highest BCUT2D eigenvalue weighted by molar-refractivity contribution is 6.08. The number of hydrogen-bond acceptors (Lipinski definition) is 0. The number of rotatable bonds is 4. The lowest BCUT2D eigenvalue weighted by Gasteiger charge is -2.27. The Hall–Kier alpha value is -3.64. The van der Waals surface area contributed by atoms with Gasteiger partial charge in [0, 0.05) is 0 Å². The smallest absolute Gasteiger partial charge is 0.00204 e. The van der Waals surface area contributed by atoms with Gasteiger partial charge in [-0.2, -0.15) is 0 Å². The summed E-state index contributed by atoms with van der Waals surface area (Å²) < 4.78 is 0. The van der Waals surface area contributed by atoms with E-state index < -0.39 is 0 Å². The van der Waals surface area contributed by atoms with Crippen molar-refractivity contribution in [1.29, 1.82) is 0 Å². The second kappa shape index (κ2) is 7.17. The maximum atomic E-state index is 2.26. The molecular weight excluding hydrogens is 336 g/mol. The zero-order valence-electron chi connectivity index (χ0n) is 15.5. The molecule has 4 aromatic rings. The standard InChI is InChI=1S/C28H20/c1-3-9-21(10-4-1)15-17-23-18-20-27-25-13-7-8-14-26(25)28(27)24(23)19-16-22-11-5-2-6-12-22/h1-20H/b17-15+,19-16+. The highest BCUT2D eigenvalue weighted by atomic mass is 14.3. The van der Waals surface area contributed by atoms with E-state index in [1.54, 1.807) is 0 Å². The molecule has 0 aliphatic heterocycles. The van der Waals surface area contributed by atoms with Crippen LogP contribution in [0.3, 0.4) is 0 Å². The van der Waals surface area contributed by atoms with Gasteiger partial charge in [-0.3, -0.25) is 0 Å². The van der Waals surface area contributed by atoms with Crippen molar-refractivity contribution in [2.24, 2.45) is 0 Å². The first kappa shape index (κ1) is 16.5. The summed E-state index contributed by atoms with van der Waals surface area (Å²) >= 11 is 0. The minimum Gasteiger partial charge on any atom is -0.0622 e. The molecule has 0 heterocycles. The largest absolute Gasteiger partial charge is 0.0622 e. The molecule has 0 spiro atoms. The van der Waals surface area contributed by atoms with Gasteiger partial charge in [0.25, 0.3) is 0 Å². The molecule has 0 atom stereocenters. The minimum atomic E-state index is 1.21. The molecule has 132 valence electrons. The van der Waals surface area contributed by atoms with Crippen molar-refractivity contribution < 1.29 is 0 Å². The van der Waals surface area contributed by atoms with Gasteiger partial charge in [0.15, 0.2) is 0 Å². The van der Waals surface area contributed by atoms with Crippen molar-refractivity contribution in [3.8, 4) is 22.3 Å². The molecule has 5 rings (SSSR count). The molecule has 28 heavy (non-hydrogen) atoms. The van der Waals surface area contributed by atoms with Crippen LogP contribution in [0.15, 0.2) is 97.1 Å². The average molecular weight is 356 g/mol. The van der Waals surface area contributed by atoms with Crippen LogP contribution in [0.2, 0.25) is 0 Å². The summed E-state index contributed by atoms with van der Waals surface area (Å²) in [5.74, 6) is 0. The first-order valence-electron chi connectivity index (χ1n) is 9.63. The maximum absolute atomic E-state index is 2.26. The van der Waals surface area contributed by atoms with E-state index in [2.05, 4.69) is 115 Å². The van der Waals surface area contributed by atoms with Gasteiger partial charge in [0.2, 0.25) is 0 Å². The van der Waals surface area contributed by atoms with Crippen molar-refractivity contribution in [3.63, 3.8) is 0 Å². The Morgan fingerprint density at radius 1 is 0.393 bits per heavy atom. The molecule has 0 bridgehead atoms. The normalized spacial score (nSPS) is 12.0. The molecule has 1 aliphatic carbocycles. The van der Waals surface area contributed by atoms with Crippen molar-refractivity contribution in [2.75, 3.05) is 0 Å². The predicted octanol–water partition coefficient (Wildman–Crippen LogP) is 7.67. The number of hydrogen-bond donors (Lipinski definition) is 0. The second-order valence-electron chi connectivity index (χ2n) is 7.02. The Morgan fingerprint density at radius 3 is 1.64 bits per heavy atom. The van der Waals surface area contributed by atoms with Gasteiger partial charge < -0.3 is 0 Å². The molecular formula is C28H20. The first-order chi connectivity index (χ1) is 13.9. The molecule has 0 fully saturated rings. The fourth-order valence-electron chi connectivity index (χ4n) is 3.84. The average Bonchev–Trinajstić information content (AvgIpc) is 2.76.